The highest BCUT2D eigenvalue weighted by Crippen LogP contribution is 2.03. The lowest BCUT2D eigenvalue weighted by Crippen LogP contribution is -2.29. The summed E-state index contributed by atoms with van der Waals surface area (Å²) in [7, 11) is 1.96. The number of nitrogens with zero attached hydrogens (tertiary/aromatic N) is 4. The Kier molecular flexibility index (Phi) is 2.59. The lowest BCUT2D eigenvalue weighted by molar-refractivity contribution is 0.513. The fraction of sp³-hybridized carbons (Fsp3) is 0.778. The van der Waals surface area contributed by atoms with Gasteiger partial charge in [-0.2, -0.15) is 5.10 Å². The molecular formula is C9H18N4. The molecule has 0 unspecified atom stereocenters. The monoisotopic (exact) mass is 182 g/mol. The van der Waals surface area contributed by atoms with Gasteiger partial charge in [0.1, 0.15) is 6.33 Å². The number of hydrogen-bond donors (Lipinski definition) is 0. The summed E-state index contributed by atoms with van der Waals surface area (Å²) in [5, 5.41) is 4.20. The van der Waals surface area contributed by atoms with Crippen molar-refractivity contribution in [2.75, 3.05) is 0 Å². The van der Waals surface area contributed by atoms with Crippen LogP contribution in [0.15, 0.2) is 11.3 Å². The fourth-order valence-corrected chi connectivity index (χ4v) is 1.08. The number of rotatable bonds is 1. The molecule has 0 aromatic carbocycles. The van der Waals surface area contributed by atoms with Crippen LogP contribution < -0.4 is 5.62 Å². The molecular weight excluding hydrogens is 164 g/mol. The van der Waals surface area contributed by atoms with Crippen LogP contribution in [0.2, 0.25) is 0 Å². The lowest BCUT2D eigenvalue weighted by atomic mass is 10.1. The van der Waals surface area contributed by atoms with E-state index < -0.39 is 0 Å². The Morgan fingerprint density at radius 1 is 1.46 bits per heavy atom. The maximum Gasteiger partial charge on any atom is 0.223 e. The van der Waals surface area contributed by atoms with Crippen LogP contribution in [-0.2, 0) is 13.6 Å². The van der Waals surface area contributed by atoms with Crippen LogP contribution in [-0.4, -0.2) is 19.9 Å². The van der Waals surface area contributed by atoms with Crippen LogP contribution in [0.25, 0.3) is 0 Å². The van der Waals surface area contributed by atoms with Crippen LogP contribution in [0.4, 0.5) is 0 Å². The predicted octanol–water partition coefficient (Wildman–Crippen LogP) is 0.941. The van der Waals surface area contributed by atoms with E-state index in [0.29, 0.717) is 0 Å². The van der Waals surface area contributed by atoms with Crippen LogP contribution in [0, 0.1) is 0 Å². The first-order valence-corrected chi connectivity index (χ1v) is 4.58. The Labute approximate surface area is 78.9 Å². The third-order valence-electron chi connectivity index (χ3n) is 1.65. The third-order valence-corrected chi connectivity index (χ3v) is 1.65. The summed E-state index contributed by atoms with van der Waals surface area (Å²) in [6.45, 7) is 9.17. The molecule has 1 aromatic heterocycles. The SMILES string of the molecule is CCn1ncn(C)c1=NC(C)(C)C. The van der Waals surface area contributed by atoms with Gasteiger partial charge in [0.05, 0.1) is 5.54 Å². The van der Waals surface area contributed by atoms with Gasteiger partial charge < -0.3 is 4.57 Å². The molecule has 0 fully saturated rings. The number of aromatic nitrogens is 3. The van der Waals surface area contributed by atoms with Crippen molar-refractivity contribution in [3.05, 3.63) is 11.9 Å². The summed E-state index contributed by atoms with van der Waals surface area (Å²) in [5.74, 6) is 0. The average Bonchev–Trinajstić information content (AvgIpc) is 2.30. The lowest BCUT2D eigenvalue weighted by Gasteiger charge is -2.11. The first-order chi connectivity index (χ1) is 5.94. The zero-order valence-electron chi connectivity index (χ0n) is 9.07. The first-order valence-electron chi connectivity index (χ1n) is 4.58. The van der Waals surface area contributed by atoms with Crippen LogP contribution >= 0.6 is 0 Å². The van der Waals surface area contributed by atoms with Gasteiger partial charge in [0.25, 0.3) is 0 Å². The summed E-state index contributed by atoms with van der Waals surface area (Å²) >= 11 is 0. The molecule has 0 atom stereocenters. The Morgan fingerprint density at radius 2 is 2.08 bits per heavy atom. The van der Waals surface area contributed by atoms with Gasteiger partial charge in [0.2, 0.25) is 5.62 Å². The highest BCUT2D eigenvalue weighted by Gasteiger charge is 2.08. The molecule has 0 spiro atoms. The van der Waals surface area contributed by atoms with Crippen molar-refractivity contribution in [1.29, 1.82) is 0 Å². The molecule has 4 heteroatoms. The minimum atomic E-state index is -0.0509. The Bertz CT molecular complexity index is 337. The number of hydrogen-bond acceptors (Lipinski definition) is 2. The quantitative estimate of drug-likeness (QED) is 0.636. The van der Waals surface area contributed by atoms with E-state index >= 15 is 0 Å². The average molecular weight is 182 g/mol. The zero-order valence-corrected chi connectivity index (χ0v) is 9.07. The van der Waals surface area contributed by atoms with E-state index in [0.717, 1.165) is 12.2 Å². The smallest absolute Gasteiger partial charge is 0.223 e. The van der Waals surface area contributed by atoms with E-state index in [1.165, 1.54) is 0 Å². The molecule has 1 rings (SSSR count). The van der Waals surface area contributed by atoms with E-state index in [1.807, 2.05) is 16.3 Å². The molecule has 0 N–H and O–H groups in total. The molecule has 0 aliphatic rings. The summed E-state index contributed by atoms with van der Waals surface area (Å²) in [6.07, 6.45) is 1.79. The molecule has 0 radical (unpaired) electrons. The normalized spacial score (nSPS) is 13.8. The van der Waals surface area contributed by atoms with Crippen molar-refractivity contribution in [3.63, 3.8) is 0 Å². The van der Waals surface area contributed by atoms with Gasteiger partial charge in [-0.25, -0.2) is 9.67 Å². The van der Waals surface area contributed by atoms with Gasteiger partial charge in [-0.15, -0.1) is 0 Å². The predicted molar refractivity (Wildman–Crippen MR) is 52.2 cm³/mol. The molecule has 0 saturated heterocycles. The molecule has 0 aliphatic carbocycles. The van der Waals surface area contributed by atoms with Crippen molar-refractivity contribution in [2.24, 2.45) is 12.0 Å². The van der Waals surface area contributed by atoms with Gasteiger partial charge in [-0.1, -0.05) is 0 Å². The summed E-state index contributed by atoms with van der Waals surface area (Å²) < 4.78 is 3.83. The maximum absolute atomic E-state index is 4.59. The summed E-state index contributed by atoms with van der Waals surface area (Å²) in [5.41, 5.74) is 0.875. The molecule has 74 valence electrons. The molecule has 1 heterocycles. The molecule has 0 amide bonds. The summed E-state index contributed by atoms with van der Waals surface area (Å²) in [4.78, 5) is 4.59. The van der Waals surface area contributed by atoms with Gasteiger partial charge in [-0.05, 0) is 27.7 Å². The second-order valence-corrected chi connectivity index (χ2v) is 4.14. The van der Waals surface area contributed by atoms with E-state index in [2.05, 4.69) is 37.8 Å². The highest BCUT2D eigenvalue weighted by molar-refractivity contribution is 4.74. The second kappa shape index (κ2) is 3.36. The van der Waals surface area contributed by atoms with Gasteiger partial charge in [-0.3, -0.25) is 0 Å². The largest absolute Gasteiger partial charge is 0.303 e. The Hall–Kier alpha value is -1.06. The molecule has 13 heavy (non-hydrogen) atoms. The summed E-state index contributed by atoms with van der Waals surface area (Å²) in [6, 6.07) is 0. The van der Waals surface area contributed by atoms with Gasteiger partial charge >= 0.3 is 0 Å². The third kappa shape index (κ3) is 2.44. The Balaban J connectivity index is 3.26. The topological polar surface area (TPSA) is 35.1 Å². The van der Waals surface area contributed by atoms with Crippen molar-refractivity contribution in [3.8, 4) is 0 Å². The van der Waals surface area contributed by atoms with E-state index in [-0.39, 0.29) is 5.54 Å². The maximum atomic E-state index is 4.59. The van der Waals surface area contributed by atoms with E-state index in [9.17, 15) is 0 Å². The fourth-order valence-electron chi connectivity index (χ4n) is 1.08. The van der Waals surface area contributed by atoms with Crippen LogP contribution in [0.3, 0.4) is 0 Å². The zero-order chi connectivity index (χ0) is 10.1. The first kappa shape index (κ1) is 10.0. The molecule has 0 bridgehead atoms. The minimum absolute atomic E-state index is 0.0509. The van der Waals surface area contributed by atoms with Crippen molar-refractivity contribution in [2.45, 2.75) is 39.8 Å². The van der Waals surface area contributed by atoms with Gasteiger partial charge in [0, 0.05) is 13.6 Å². The molecule has 1 aromatic rings. The standard InChI is InChI=1S/C9H18N4/c1-6-13-8(11-9(2,3)4)12(5)7-10-13/h7H,6H2,1-5H3. The van der Waals surface area contributed by atoms with Crippen LogP contribution in [0.5, 0.6) is 0 Å². The Morgan fingerprint density at radius 3 is 2.54 bits per heavy atom. The minimum Gasteiger partial charge on any atom is -0.303 e. The van der Waals surface area contributed by atoms with Gasteiger partial charge in [0.15, 0.2) is 0 Å². The van der Waals surface area contributed by atoms with Crippen molar-refractivity contribution in [1.82, 2.24) is 14.3 Å². The molecule has 0 saturated carbocycles. The highest BCUT2D eigenvalue weighted by atomic mass is 15.4. The molecule has 4 nitrogen and oxygen atoms in total. The van der Waals surface area contributed by atoms with E-state index in [1.54, 1.807) is 6.33 Å². The second-order valence-electron chi connectivity index (χ2n) is 4.14. The van der Waals surface area contributed by atoms with Crippen molar-refractivity contribution < 1.29 is 0 Å². The van der Waals surface area contributed by atoms with Crippen LogP contribution in [0.1, 0.15) is 27.7 Å². The van der Waals surface area contributed by atoms with E-state index in [4.69, 9.17) is 0 Å². The molecule has 0 aliphatic heterocycles. The van der Waals surface area contributed by atoms with Crippen molar-refractivity contribution >= 4 is 0 Å². The number of aryl methyl sites for hydroxylation is 2.